The predicted molar refractivity (Wildman–Crippen MR) is 151 cm³/mol. The number of hydrogen-bond acceptors (Lipinski definition) is 7. The second-order valence-corrected chi connectivity index (χ2v) is 12.3. The number of aliphatic hydroxyl groups excluding tert-OH is 2. The van der Waals surface area contributed by atoms with Crippen LogP contribution in [-0.4, -0.2) is 71.5 Å². The highest BCUT2D eigenvalue weighted by molar-refractivity contribution is 5.86. The third-order valence-corrected chi connectivity index (χ3v) is 9.95. The molecule has 3 heterocycles. The zero-order valence-electron chi connectivity index (χ0n) is 22.6. The average Bonchev–Trinajstić information content (AvgIpc) is 3.54. The standard InChI is InChI=1S/C30H39N7O2/c1-36(15-20-14-25(28(39)27(20)38)37-10-9-22-29(31)32-16-33-30(22)37)21-11-17(12-21)5-8-26-34-23-7-6-19(13-24(23)35-26)18-3-2-4-18/h6-7,9-10,13,16-18,20-21,25,27-28,38-39H,2-5,8,11-12,14-15H2,1H3,(H,34,35)(H2,31,32,33)/t17?,20-,21?,25-,27-,28+/m1/s1. The van der Waals surface area contributed by atoms with E-state index >= 15 is 0 Å². The van der Waals surface area contributed by atoms with E-state index in [0.717, 1.165) is 42.0 Å². The Bertz CT molecular complexity index is 1470. The van der Waals surface area contributed by atoms with Gasteiger partial charge >= 0.3 is 0 Å². The third kappa shape index (κ3) is 4.50. The van der Waals surface area contributed by atoms with Gasteiger partial charge in [-0.2, -0.15) is 0 Å². The highest BCUT2D eigenvalue weighted by atomic mass is 16.3. The van der Waals surface area contributed by atoms with Crippen LogP contribution in [0.3, 0.4) is 0 Å². The minimum absolute atomic E-state index is 0.00561. The molecule has 0 bridgehead atoms. The van der Waals surface area contributed by atoms with E-state index in [1.54, 1.807) is 0 Å². The maximum Gasteiger partial charge on any atom is 0.145 e. The molecule has 0 aliphatic heterocycles. The molecule has 0 amide bonds. The van der Waals surface area contributed by atoms with Gasteiger partial charge in [0.15, 0.2) is 0 Å². The Balaban J connectivity index is 0.915. The van der Waals surface area contributed by atoms with Crippen molar-refractivity contribution in [3.8, 4) is 0 Å². The number of aromatic amines is 1. The lowest BCUT2D eigenvalue weighted by Gasteiger charge is -2.42. The molecular formula is C30H39N7O2. The van der Waals surface area contributed by atoms with E-state index in [1.165, 1.54) is 49.5 Å². The number of anilines is 1. The van der Waals surface area contributed by atoms with E-state index < -0.39 is 12.2 Å². The molecule has 4 aromatic rings. The molecule has 206 valence electrons. The molecule has 5 N–H and O–H groups in total. The van der Waals surface area contributed by atoms with E-state index in [0.29, 0.717) is 29.8 Å². The normalized spacial score (nSPS) is 29.3. The van der Waals surface area contributed by atoms with Crippen LogP contribution in [-0.2, 0) is 6.42 Å². The van der Waals surface area contributed by atoms with Crippen LogP contribution in [0.25, 0.3) is 22.1 Å². The van der Waals surface area contributed by atoms with Crippen LogP contribution in [0.4, 0.5) is 5.82 Å². The molecule has 3 aromatic heterocycles. The summed E-state index contributed by atoms with van der Waals surface area (Å²) in [5.74, 6) is 2.99. The molecule has 3 saturated carbocycles. The summed E-state index contributed by atoms with van der Waals surface area (Å²) >= 11 is 0. The fourth-order valence-corrected chi connectivity index (χ4v) is 7.16. The minimum atomic E-state index is -0.835. The molecule has 0 spiro atoms. The molecule has 3 fully saturated rings. The molecular weight excluding hydrogens is 490 g/mol. The SMILES string of the molecule is CN(C[C@H]1C[C@@H](n2ccc3c(N)ncnc32)[C@H](O)[C@@H]1O)C1CC(CCc2nc3ccc(C4CCC4)cc3[nH]2)C1. The zero-order chi connectivity index (χ0) is 26.7. The number of aryl methyl sites for hydroxylation is 1. The van der Waals surface area contributed by atoms with E-state index in [-0.39, 0.29) is 12.0 Å². The lowest BCUT2D eigenvalue weighted by atomic mass is 9.76. The van der Waals surface area contributed by atoms with Crippen LogP contribution < -0.4 is 5.73 Å². The van der Waals surface area contributed by atoms with Crippen molar-refractivity contribution < 1.29 is 10.2 Å². The lowest BCUT2D eigenvalue weighted by Crippen LogP contribution is -2.46. The number of nitrogen functional groups attached to an aromatic ring is 1. The fraction of sp³-hybridized carbons (Fsp3) is 0.567. The summed E-state index contributed by atoms with van der Waals surface area (Å²) in [4.78, 5) is 19.2. The van der Waals surface area contributed by atoms with Gasteiger partial charge in [-0.15, -0.1) is 0 Å². The zero-order valence-corrected chi connectivity index (χ0v) is 22.6. The number of benzene rings is 1. The number of imidazole rings is 1. The summed E-state index contributed by atoms with van der Waals surface area (Å²) in [6.07, 6.45) is 10.9. The molecule has 39 heavy (non-hydrogen) atoms. The summed E-state index contributed by atoms with van der Waals surface area (Å²) in [6, 6.07) is 8.93. The Morgan fingerprint density at radius 3 is 2.74 bits per heavy atom. The summed E-state index contributed by atoms with van der Waals surface area (Å²) < 4.78 is 1.95. The van der Waals surface area contributed by atoms with Gasteiger partial charge in [0.25, 0.3) is 0 Å². The van der Waals surface area contributed by atoms with E-state index in [4.69, 9.17) is 10.7 Å². The lowest BCUT2D eigenvalue weighted by molar-refractivity contribution is -0.00658. The topological polar surface area (TPSA) is 129 Å². The molecule has 0 unspecified atom stereocenters. The highest BCUT2D eigenvalue weighted by Gasteiger charge is 2.44. The summed E-state index contributed by atoms with van der Waals surface area (Å²) in [5, 5.41) is 22.6. The van der Waals surface area contributed by atoms with Gasteiger partial charge in [-0.05, 0) is 81.2 Å². The van der Waals surface area contributed by atoms with Gasteiger partial charge < -0.3 is 30.4 Å². The van der Waals surface area contributed by atoms with Crippen LogP contribution in [0.2, 0.25) is 0 Å². The first-order chi connectivity index (χ1) is 18.9. The monoisotopic (exact) mass is 529 g/mol. The Kier molecular flexibility index (Phi) is 6.33. The Labute approximate surface area is 228 Å². The van der Waals surface area contributed by atoms with Crippen LogP contribution in [0.15, 0.2) is 36.8 Å². The van der Waals surface area contributed by atoms with Gasteiger partial charge in [0, 0.05) is 31.1 Å². The first-order valence-electron chi connectivity index (χ1n) is 14.6. The largest absolute Gasteiger partial charge is 0.390 e. The highest BCUT2D eigenvalue weighted by Crippen LogP contribution is 2.41. The quantitative estimate of drug-likeness (QED) is 0.273. The van der Waals surface area contributed by atoms with Crippen molar-refractivity contribution in [1.82, 2.24) is 29.4 Å². The molecule has 4 atom stereocenters. The van der Waals surface area contributed by atoms with Gasteiger partial charge in [0.2, 0.25) is 0 Å². The van der Waals surface area contributed by atoms with Crippen LogP contribution in [0.1, 0.15) is 68.3 Å². The van der Waals surface area contributed by atoms with E-state index in [9.17, 15) is 10.2 Å². The molecule has 0 saturated heterocycles. The summed E-state index contributed by atoms with van der Waals surface area (Å²) in [6.45, 7) is 0.773. The summed E-state index contributed by atoms with van der Waals surface area (Å²) in [5.41, 5.74) is 10.4. The number of H-pyrrole nitrogens is 1. The van der Waals surface area contributed by atoms with Crippen molar-refractivity contribution in [2.24, 2.45) is 11.8 Å². The number of rotatable bonds is 8. The molecule has 9 heteroatoms. The number of nitrogens with zero attached hydrogens (tertiary/aromatic N) is 5. The molecule has 7 rings (SSSR count). The van der Waals surface area contributed by atoms with E-state index in [1.807, 2.05) is 16.8 Å². The maximum absolute atomic E-state index is 10.9. The van der Waals surface area contributed by atoms with Crippen molar-refractivity contribution in [2.75, 3.05) is 19.3 Å². The Morgan fingerprint density at radius 2 is 1.95 bits per heavy atom. The second kappa shape index (κ2) is 9.87. The van der Waals surface area contributed by atoms with Gasteiger partial charge in [-0.3, -0.25) is 0 Å². The second-order valence-electron chi connectivity index (χ2n) is 12.3. The molecule has 1 aromatic carbocycles. The van der Waals surface area contributed by atoms with Crippen molar-refractivity contribution >= 4 is 27.9 Å². The predicted octanol–water partition coefficient (Wildman–Crippen LogP) is 3.78. The third-order valence-electron chi connectivity index (χ3n) is 9.95. The van der Waals surface area contributed by atoms with Crippen molar-refractivity contribution in [3.05, 3.63) is 48.2 Å². The first kappa shape index (κ1) is 25.0. The number of nitrogens with one attached hydrogen (secondary N) is 1. The number of aromatic nitrogens is 5. The van der Waals surface area contributed by atoms with Gasteiger partial charge in [0.1, 0.15) is 29.7 Å². The molecule has 9 nitrogen and oxygen atoms in total. The average molecular weight is 530 g/mol. The number of fused-ring (bicyclic) bond motifs is 2. The maximum atomic E-state index is 10.9. The van der Waals surface area contributed by atoms with Crippen molar-refractivity contribution in [3.63, 3.8) is 0 Å². The van der Waals surface area contributed by atoms with Gasteiger partial charge in [0.05, 0.1) is 28.6 Å². The Morgan fingerprint density at radius 1 is 1.10 bits per heavy atom. The van der Waals surface area contributed by atoms with Crippen LogP contribution >= 0.6 is 0 Å². The molecule has 3 aliphatic rings. The smallest absolute Gasteiger partial charge is 0.145 e. The van der Waals surface area contributed by atoms with E-state index in [2.05, 4.69) is 45.1 Å². The van der Waals surface area contributed by atoms with Crippen molar-refractivity contribution in [1.29, 1.82) is 0 Å². The number of nitrogens with two attached hydrogens (primary N) is 1. The molecule has 0 radical (unpaired) electrons. The fourth-order valence-electron chi connectivity index (χ4n) is 7.16. The number of hydrogen-bond donors (Lipinski definition) is 4. The first-order valence-corrected chi connectivity index (χ1v) is 14.6. The van der Waals surface area contributed by atoms with Crippen LogP contribution in [0, 0.1) is 11.8 Å². The minimum Gasteiger partial charge on any atom is -0.390 e. The van der Waals surface area contributed by atoms with Crippen LogP contribution in [0.5, 0.6) is 0 Å². The molecule has 3 aliphatic carbocycles. The summed E-state index contributed by atoms with van der Waals surface area (Å²) in [7, 11) is 2.16. The Hall–Kier alpha value is -3.01. The van der Waals surface area contributed by atoms with Gasteiger partial charge in [-0.25, -0.2) is 15.0 Å². The number of aliphatic hydroxyl groups is 2. The van der Waals surface area contributed by atoms with Crippen molar-refractivity contribution in [2.45, 2.75) is 81.6 Å². The van der Waals surface area contributed by atoms with Gasteiger partial charge in [-0.1, -0.05) is 12.5 Å².